The second-order valence-electron chi connectivity index (χ2n) is 6.57. The van der Waals surface area contributed by atoms with Crippen LogP contribution in [0.15, 0.2) is 23.3 Å². The van der Waals surface area contributed by atoms with E-state index in [2.05, 4.69) is 12.0 Å². The van der Waals surface area contributed by atoms with Gasteiger partial charge in [-0.3, -0.25) is 4.79 Å². The molecule has 2 heteroatoms. The first-order valence-corrected chi connectivity index (χ1v) is 7.19. The van der Waals surface area contributed by atoms with Crippen molar-refractivity contribution >= 4 is 5.97 Å². The predicted octanol–water partition coefficient (Wildman–Crippen LogP) is 4.29. The lowest BCUT2D eigenvalue weighted by atomic mass is 9.78. The summed E-state index contributed by atoms with van der Waals surface area (Å²) >= 11 is 0. The number of hydrogen-bond acceptors (Lipinski definition) is 1. The molecule has 20 heavy (non-hydrogen) atoms. The molecule has 1 aliphatic rings. The van der Waals surface area contributed by atoms with Crippen LogP contribution in [0.3, 0.4) is 0 Å². The maximum Gasteiger partial charge on any atom is 0.312 e. The van der Waals surface area contributed by atoms with Crippen LogP contribution in [-0.4, -0.2) is 11.1 Å². The van der Waals surface area contributed by atoms with Gasteiger partial charge >= 0.3 is 5.97 Å². The van der Waals surface area contributed by atoms with Crippen LogP contribution in [0.5, 0.6) is 0 Å². The fourth-order valence-electron chi connectivity index (χ4n) is 3.66. The summed E-state index contributed by atoms with van der Waals surface area (Å²) in [5, 5.41) is 9.89. The topological polar surface area (TPSA) is 37.3 Å². The molecule has 1 rings (SSSR count). The molecule has 1 fully saturated rings. The molecule has 1 N–H and O–H groups in total. The first kappa shape index (κ1) is 16.6. The monoisotopic (exact) mass is 274 g/mol. The zero-order valence-electron chi connectivity index (χ0n) is 13.4. The smallest absolute Gasteiger partial charge is 0.312 e. The Balaban J connectivity index is 3.40. The van der Waals surface area contributed by atoms with Gasteiger partial charge in [-0.25, -0.2) is 0 Å². The fraction of sp³-hybridized carbons (Fsp3) is 0.611. The highest BCUT2D eigenvalue weighted by molar-refractivity contribution is 5.83. The van der Waals surface area contributed by atoms with Crippen molar-refractivity contribution in [3.63, 3.8) is 0 Å². The minimum Gasteiger partial charge on any atom is -0.481 e. The maximum atomic E-state index is 12.0. The van der Waals surface area contributed by atoms with E-state index in [4.69, 9.17) is 6.42 Å². The Morgan fingerprint density at radius 3 is 2.30 bits per heavy atom. The molecule has 0 aromatic carbocycles. The first-order chi connectivity index (χ1) is 9.17. The molecule has 1 aliphatic carbocycles. The average Bonchev–Trinajstić information content (AvgIpc) is 2.78. The third kappa shape index (κ3) is 2.20. The van der Waals surface area contributed by atoms with E-state index in [1.165, 1.54) is 0 Å². The van der Waals surface area contributed by atoms with E-state index in [1.54, 1.807) is 0 Å². The number of carboxylic acid groups (broad SMARTS) is 1. The second-order valence-corrected chi connectivity index (χ2v) is 6.57. The van der Waals surface area contributed by atoms with Crippen molar-refractivity contribution in [3.05, 3.63) is 23.3 Å². The van der Waals surface area contributed by atoms with E-state index in [1.807, 2.05) is 47.6 Å². The van der Waals surface area contributed by atoms with Gasteiger partial charge in [-0.05, 0) is 32.6 Å². The van der Waals surface area contributed by atoms with E-state index in [9.17, 15) is 9.90 Å². The zero-order valence-corrected chi connectivity index (χ0v) is 13.4. The number of carboxylic acids is 1. The summed E-state index contributed by atoms with van der Waals surface area (Å²) in [6.45, 7) is 12.0. The summed E-state index contributed by atoms with van der Waals surface area (Å²) in [5.41, 5.74) is 0.930. The number of rotatable bonds is 5. The normalized spacial score (nSPS) is 29.2. The number of terminal acetylenes is 1. The number of allylic oxidation sites excluding steroid dienone is 4. The fourth-order valence-corrected chi connectivity index (χ4v) is 3.66. The highest BCUT2D eigenvalue weighted by Gasteiger charge is 2.77. The van der Waals surface area contributed by atoms with E-state index < -0.39 is 11.4 Å². The molecule has 0 spiro atoms. The van der Waals surface area contributed by atoms with Gasteiger partial charge in [0, 0.05) is 5.92 Å². The predicted molar refractivity (Wildman–Crippen MR) is 83.1 cm³/mol. The van der Waals surface area contributed by atoms with Gasteiger partial charge in [0.25, 0.3) is 0 Å². The van der Waals surface area contributed by atoms with Gasteiger partial charge < -0.3 is 5.11 Å². The minimum atomic E-state index is -0.880. The lowest BCUT2D eigenvalue weighted by Crippen LogP contribution is -2.31. The molecule has 0 aromatic rings. The van der Waals surface area contributed by atoms with Gasteiger partial charge in [-0.2, -0.15) is 0 Å². The number of hydrogen-bond donors (Lipinski definition) is 1. The van der Waals surface area contributed by atoms with Crippen LogP contribution < -0.4 is 0 Å². The van der Waals surface area contributed by atoms with Crippen molar-refractivity contribution in [2.24, 2.45) is 22.7 Å². The standard InChI is InChI=1S/C18H26O2/c1-8-10-13(5)14(9-2)18(16(19)20)15(11-12(3)4)17(18,6)7/h2,10-11,14-15H,8H2,1,3-7H3,(H,19,20). The van der Waals surface area contributed by atoms with E-state index in [-0.39, 0.29) is 17.3 Å². The Morgan fingerprint density at radius 1 is 1.40 bits per heavy atom. The minimum absolute atomic E-state index is 0.0150. The lowest BCUT2D eigenvalue weighted by molar-refractivity contribution is -0.146. The number of aliphatic carboxylic acids is 1. The van der Waals surface area contributed by atoms with Crippen LogP contribution in [0.1, 0.15) is 48.0 Å². The van der Waals surface area contributed by atoms with Crippen molar-refractivity contribution in [1.82, 2.24) is 0 Å². The molecule has 0 aliphatic heterocycles. The van der Waals surface area contributed by atoms with Crippen LogP contribution in [0.4, 0.5) is 0 Å². The Bertz CT molecular complexity index is 498. The highest BCUT2D eigenvalue weighted by Crippen LogP contribution is 2.74. The Labute approximate surface area is 123 Å². The molecule has 0 aromatic heterocycles. The van der Waals surface area contributed by atoms with Crippen molar-refractivity contribution in [3.8, 4) is 12.3 Å². The van der Waals surface area contributed by atoms with Crippen molar-refractivity contribution in [2.45, 2.75) is 48.0 Å². The summed E-state index contributed by atoms with van der Waals surface area (Å²) in [6, 6.07) is 0. The summed E-state index contributed by atoms with van der Waals surface area (Å²) < 4.78 is 0. The van der Waals surface area contributed by atoms with Crippen molar-refractivity contribution in [2.75, 3.05) is 0 Å². The van der Waals surface area contributed by atoms with Crippen LogP contribution in [0.25, 0.3) is 0 Å². The van der Waals surface area contributed by atoms with Gasteiger partial charge in [-0.1, -0.05) is 50.0 Å². The molecule has 0 heterocycles. The third-order valence-electron chi connectivity index (χ3n) is 4.71. The summed E-state index contributed by atoms with van der Waals surface area (Å²) in [4.78, 5) is 12.0. The van der Waals surface area contributed by atoms with E-state index in [0.717, 1.165) is 17.6 Å². The van der Waals surface area contributed by atoms with Crippen molar-refractivity contribution < 1.29 is 9.90 Å². The van der Waals surface area contributed by atoms with E-state index in [0.29, 0.717) is 0 Å². The molecule has 110 valence electrons. The van der Waals surface area contributed by atoms with Crippen LogP contribution in [0.2, 0.25) is 0 Å². The molecular weight excluding hydrogens is 248 g/mol. The molecule has 0 amide bonds. The lowest BCUT2D eigenvalue weighted by Gasteiger charge is -2.23. The molecule has 0 radical (unpaired) electrons. The zero-order chi connectivity index (χ0) is 15.7. The molecule has 3 unspecified atom stereocenters. The van der Waals surface area contributed by atoms with E-state index >= 15 is 0 Å². The maximum absolute atomic E-state index is 12.0. The Hall–Kier alpha value is -1.49. The molecule has 0 bridgehead atoms. The second kappa shape index (κ2) is 5.48. The summed E-state index contributed by atoms with van der Waals surface area (Å²) in [7, 11) is 0. The van der Waals surface area contributed by atoms with Gasteiger partial charge in [-0.15, -0.1) is 6.42 Å². The average molecular weight is 274 g/mol. The van der Waals surface area contributed by atoms with Crippen molar-refractivity contribution in [1.29, 1.82) is 0 Å². The molecule has 0 saturated heterocycles. The SMILES string of the molecule is C#CC(C(C)=CCC)C1(C(=O)O)C(C=C(C)C)C1(C)C. The molecule has 3 atom stereocenters. The van der Waals surface area contributed by atoms with Crippen LogP contribution >= 0.6 is 0 Å². The molecule has 1 saturated carbocycles. The van der Waals surface area contributed by atoms with Gasteiger partial charge in [0.05, 0.1) is 11.3 Å². The molecule has 2 nitrogen and oxygen atoms in total. The van der Waals surface area contributed by atoms with Crippen LogP contribution in [-0.2, 0) is 4.79 Å². The number of carbonyl (C=O) groups is 1. The third-order valence-corrected chi connectivity index (χ3v) is 4.71. The summed E-state index contributed by atoms with van der Waals surface area (Å²) in [6.07, 6.45) is 10.7. The van der Waals surface area contributed by atoms with Gasteiger partial charge in [0.15, 0.2) is 0 Å². The Kier molecular flexibility index (Phi) is 4.54. The Morgan fingerprint density at radius 2 is 1.95 bits per heavy atom. The van der Waals surface area contributed by atoms with Gasteiger partial charge in [0.2, 0.25) is 0 Å². The highest BCUT2D eigenvalue weighted by atomic mass is 16.4. The first-order valence-electron chi connectivity index (χ1n) is 7.19. The quantitative estimate of drug-likeness (QED) is 0.600. The summed E-state index contributed by atoms with van der Waals surface area (Å²) in [5.74, 6) is 1.60. The van der Waals surface area contributed by atoms with Crippen LogP contribution in [0, 0.1) is 35.0 Å². The molecular formula is C18H26O2. The largest absolute Gasteiger partial charge is 0.481 e. The van der Waals surface area contributed by atoms with Gasteiger partial charge in [0.1, 0.15) is 0 Å².